The zero-order chi connectivity index (χ0) is 11.3. The second kappa shape index (κ2) is 5.61. The van der Waals surface area contributed by atoms with Crippen molar-refractivity contribution >= 4 is 11.8 Å². The van der Waals surface area contributed by atoms with Crippen LogP contribution in [0.2, 0.25) is 0 Å². The van der Waals surface area contributed by atoms with Crippen molar-refractivity contribution in [3.63, 3.8) is 0 Å². The highest BCUT2D eigenvalue weighted by molar-refractivity contribution is 8.00. The number of halogens is 3. The minimum Gasteiger partial charge on any atom is -0.287 e. The Labute approximate surface area is 91.4 Å². The Morgan fingerprint density at radius 2 is 2.13 bits per heavy atom. The van der Waals surface area contributed by atoms with Gasteiger partial charge in [-0.15, -0.1) is 0 Å². The fourth-order valence-electron chi connectivity index (χ4n) is 1.68. The Morgan fingerprint density at radius 1 is 1.40 bits per heavy atom. The number of piperidine rings is 1. The third-order valence-electron chi connectivity index (χ3n) is 2.41. The van der Waals surface area contributed by atoms with Crippen LogP contribution >= 0.6 is 11.8 Å². The average molecular weight is 238 g/mol. The molecule has 0 aromatic heterocycles. The lowest BCUT2D eigenvalue weighted by molar-refractivity contribution is -0.0329. The molecule has 2 nitrogen and oxygen atoms in total. The van der Waals surface area contributed by atoms with E-state index in [4.69, 9.17) is 5.26 Å². The van der Waals surface area contributed by atoms with E-state index >= 15 is 0 Å². The Morgan fingerprint density at radius 3 is 2.73 bits per heavy atom. The monoisotopic (exact) mass is 238 g/mol. The van der Waals surface area contributed by atoms with E-state index in [2.05, 4.69) is 6.07 Å². The Balaban J connectivity index is 2.27. The summed E-state index contributed by atoms with van der Waals surface area (Å²) in [7, 11) is 0. The number of alkyl halides is 3. The number of hydrogen-bond acceptors (Lipinski definition) is 3. The highest BCUT2D eigenvalue weighted by Crippen LogP contribution is 2.30. The second-order valence-corrected chi connectivity index (χ2v) is 4.63. The van der Waals surface area contributed by atoms with Crippen molar-refractivity contribution in [3.8, 4) is 6.07 Å². The minimum atomic E-state index is -4.15. The topological polar surface area (TPSA) is 27.0 Å². The summed E-state index contributed by atoms with van der Waals surface area (Å²) in [5.41, 5.74) is -4.15. The van der Waals surface area contributed by atoms with Gasteiger partial charge in [0.15, 0.2) is 0 Å². The van der Waals surface area contributed by atoms with Gasteiger partial charge in [-0.2, -0.15) is 18.4 Å². The van der Waals surface area contributed by atoms with Crippen LogP contribution in [0.1, 0.15) is 19.3 Å². The molecule has 15 heavy (non-hydrogen) atoms. The third kappa shape index (κ3) is 4.76. The molecule has 0 aromatic carbocycles. The first-order valence-electron chi connectivity index (χ1n) is 4.87. The molecule has 1 aliphatic rings. The van der Waals surface area contributed by atoms with Gasteiger partial charge >= 0.3 is 5.51 Å². The fraction of sp³-hybridized carbons (Fsp3) is 0.889. The van der Waals surface area contributed by atoms with Gasteiger partial charge in [-0.3, -0.25) is 4.90 Å². The lowest BCUT2D eigenvalue weighted by atomic mass is 10.0. The summed E-state index contributed by atoms with van der Waals surface area (Å²) in [6.45, 7) is 1.10. The van der Waals surface area contributed by atoms with Crippen LogP contribution in [0.4, 0.5) is 13.2 Å². The van der Waals surface area contributed by atoms with Crippen LogP contribution in [-0.4, -0.2) is 35.3 Å². The van der Waals surface area contributed by atoms with E-state index in [1.807, 2.05) is 4.90 Å². The van der Waals surface area contributed by atoms with Crippen molar-refractivity contribution in [2.45, 2.75) is 30.8 Å². The van der Waals surface area contributed by atoms with Crippen molar-refractivity contribution in [2.24, 2.45) is 0 Å². The summed E-state index contributed by atoms with van der Waals surface area (Å²) in [5.74, 6) is 0.0156. The van der Waals surface area contributed by atoms with Gasteiger partial charge in [0.25, 0.3) is 0 Å². The number of nitriles is 1. The van der Waals surface area contributed by atoms with Crippen LogP contribution < -0.4 is 0 Å². The number of likely N-dealkylation sites (tertiary alicyclic amines) is 1. The molecule has 0 bridgehead atoms. The van der Waals surface area contributed by atoms with E-state index in [1.54, 1.807) is 0 Å². The number of thioether (sulfide) groups is 1. The number of rotatable bonds is 3. The quantitative estimate of drug-likeness (QED) is 0.756. The predicted molar refractivity (Wildman–Crippen MR) is 53.3 cm³/mol. The van der Waals surface area contributed by atoms with Crippen molar-refractivity contribution in [1.29, 1.82) is 5.26 Å². The smallest absolute Gasteiger partial charge is 0.287 e. The van der Waals surface area contributed by atoms with Crippen molar-refractivity contribution in [2.75, 3.05) is 18.8 Å². The molecule has 0 N–H and O–H groups in total. The van der Waals surface area contributed by atoms with E-state index in [-0.39, 0.29) is 23.6 Å². The van der Waals surface area contributed by atoms with E-state index < -0.39 is 5.51 Å². The van der Waals surface area contributed by atoms with Gasteiger partial charge in [0.05, 0.1) is 12.1 Å². The molecule has 1 unspecified atom stereocenters. The summed E-state index contributed by atoms with van der Waals surface area (Å²) in [5, 5.41) is 8.80. The largest absolute Gasteiger partial charge is 0.441 e. The van der Waals surface area contributed by atoms with Gasteiger partial charge in [-0.1, -0.05) is 0 Å². The zero-order valence-corrected chi connectivity index (χ0v) is 9.07. The fourth-order valence-corrected chi connectivity index (χ4v) is 2.24. The SMILES string of the molecule is N#CC1CCCCN1CCSC(F)(F)F. The summed E-state index contributed by atoms with van der Waals surface area (Å²) in [6.07, 6.45) is 2.77. The number of hydrogen-bond donors (Lipinski definition) is 0. The highest BCUT2D eigenvalue weighted by atomic mass is 32.2. The molecular formula is C9H13F3N2S. The Bertz CT molecular complexity index is 236. The van der Waals surface area contributed by atoms with Crippen LogP contribution in [0, 0.1) is 11.3 Å². The molecule has 0 saturated carbocycles. The van der Waals surface area contributed by atoms with Gasteiger partial charge in [-0.05, 0) is 37.6 Å². The Hall–Kier alpha value is -0.410. The van der Waals surface area contributed by atoms with Crippen LogP contribution in [0.15, 0.2) is 0 Å². The first-order valence-corrected chi connectivity index (χ1v) is 5.86. The molecule has 1 aliphatic heterocycles. The first kappa shape index (κ1) is 12.7. The summed E-state index contributed by atoms with van der Waals surface area (Å²) >= 11 is -0.0113. The first-order chi connectivity index (χ1) is 7.03. The molecule has 0 radical (unpaired) electrons. The van der Waals surface area contributed by atoms with Crippen molar-refractivity contribution in [3.05, 3.63) is 0 Å². The molecule has 1 heterocycles. The molecule has 0 aromatic rings. The molecule has 1 saturated heterocycles. The minimum absolute atomic E-state index is 0.0113. The molecular weight excluding hydrogens is 225 g/mol. The summed E-state index contributed by atoms with van der Waals surface area (Å²) < 4.78 is 35.6. The van der Waals surface area contributed by atoms with Crippen molar-refractivity contribution in [1.82, 2.24) is 4.90 Å². The Kier molecular flexibility index (Phi) is 4.74. The van der Waals surface area contributed by atoms with Crippen molar-refractivity contribution < 1.29 is 13.2 Å². The molecule has 1 fully saturated rings. The van der Waals surface area contributed by atoms with E-state index in [0.717, 1.165) is 25.8 Å². The maximum Gasteiger partial charge on any atom is 0.441 e. The van der Waals surface area contributed by atoms with Crippen LogP contribution in [0.3, 0.4) is 0 Å². The maximum atomic E-state index is 11.9. The molecule has 0 amide bonds. The summed E-state index contributed by atoms with van der Waals surface area (Å²) in [4.78, 5) is 1.85. The standard InChI is InChI=1S/C9H13F3N2S/c10-9(11,12)15-6-5-14-4-2-1-3-8(14)7-13/h8H,1-6H2. The number of nitrogens with zero attached hydrogens (tertiary/aromatic N) is 2. The van der Waals surface area contributed by atoms with Gasteiger partial charge in [-0.25, -0.2) is 0 Å². The zero-order valence-electron chi connectivity index (χ0n) is 8.26. The third-order valence-corrected chi connectivity index (χ3v) is 3.12. The van der Waals surface area contributed by atoms with Crippen LogP contribution in [0.5, 0.6) is 0 Å². The highest BCUT2D eigenvalue weighted by Gasteiger charge is 2.29. The molecule has 6 heteroatoms. The lowest BCUT2D eigenvalue weighted by Crippen LogP contribution is -2.40. The molecule has 0 spiro atoms. The van der Waals surface area contributed by atoms with E-state index in [9.17, 15) is 13.2 Å². The second-order valence-electron chi connectivity index (χ2n) is 3.47. The van der Waals surface area contributed by atoms with Gasteiger partial charge in [0, 0.05) is 12.3 Å². The molecule has 0 aliphatic carbocycles. The van der Waals surface area contributed by atoms with Crippen LogP contribution in [0.25, 0.3) is 0 Å². The normalized spacial score (nSPS) is 23.7. The van der Waals surface area contributed by atoms with Crippen LogP contribution in [-0.2, 0) is 0 Å². The van der Waals surface area contributed by atoms with Gasteiger partial charge in [0.2, 0.25) is 0 Å². The maximum absolute atomic E-state index is 11.9. The summed E-state index contributed by atoms with van der Waals surface area (Å²) in [6, 6.07) is 1.95. The predicted octanol–water partition coefficient (Wildman–Crippen LogP) is 2.62. The molecule has 1 rings (SSSR count). The van der Waals surface area contributed by atoms with E-state index in [1.165, 1.54) is 0 Å². The average Bonchev–Trinajstić information content (AvgIpc) is 2.16. The molecule has 1 atom stereocenters. The van der Waals surface area contributed by atoms with E-state index in [0.29, 0.717) is 6.54 Å². The van der Waals surface area contributed by atoms with Gasteiger partial charge in [0.1, 0.15) is 0 Å². The van der Waals surface area contributed by atoms with Gasteiger partial charge < -0.3 is 0 Å². The lowest BCUT2D eigenvalue weighted by Gasteiger charge is -2.31. The molecule has 86 valence electrons.